The summed E-state index contributed by atoms with van der Waals surface area (Å²) in [7, 11) is 0. The Morgan fingerprint density at radius 1 is 1.14 bits per heavy atom. The van der Waals surface area contributed by atoms with E-state index in [2.05, 4.69) is 23.8 Å². The second kappa shape index (κ2) is 8.47. The molecule has 0 amide bonds. The van der Waals surface area contributed by atoms with Gasteiger partial charge in [0.05, 0.1) is 6.61 Å². The SMILES string of the molecule is CCCOc1ccc(-c2nc(CCC)cc(=O)[nH]2)cc1.Cl. The molecule has 21 heavy (non-hydrogen) atoms. The molecule has 1 N–H and O–H groups in total. The Kier molecular flexibility index (Phi) is 6.96. The molecule has 0 radical (unpaired) electrons. The minimum absolute atomic E-state index is 0. The lowest BCUT2D eigenvalue weighted by Crippen LogP contribution is -2.10. The van der Waals surface area contributed by atoms with Gasteiger partial charge >= 0.3 is 0 Å². The van der Waals surface area contributed by atoms with Crippen LogP contribution in [0.1, 0.15) is 32.4 Å². The molecule has 0 bridgehead atoms. The fraction of sp³-hybridized carbons (Fsp3) is 0.375. The smallest absolute Gasteiger partial charge is 0.251 e. The number of nitrogens with one attached hydrogen (secondary N) is 1. The summed E-state index contributed by atoms with van der Waals surface area (Å²) >= 11 is 0. The van der Waals surface area contributed by atoms with E-state index in [9.17, 15) is 4.79 Å². The summed E-state index contributed by atoms with van der Waals surface area (Å²) < 4.78 is 5.54. The monoisotopic (exact) mass is 308 g/mol. The van der Waals surface area contributed by atoms with Crippen LogP contribution in [0.15, 0.2) is 35.1 Å². The van der Waals surface area contributed by atoms with E-state index in [1.807, 2.05) is 24.3 Å². The van der Waals surface area contributed by atoms with Crippen molar-refractivity contribution in [2.45, 2.75) is 33.1 Å². The molecule has 0 spiro atoms. The Bertz CT molecular complexity index is 608. The van der Waals surface area contributed by atoms with Crippen LogP contribution in [0.4, 0.5) is 0 Å². The Hall–Kier alpha value is -1.81. The lowest BCUT2D eigenvalue weighted by Gasteiger charge is -2.06. The van der Waals surface area contributed by atoms with Gasteiger partial charge in [-0.1, -0.05) is 20.3 Å². The third kappa shape index (κ3) is 4.90. The standard InChI is InChI=1S/C16H20N2O2.ClH/c1-3-5-13-11-15(19)18-16(17-13)12-6-8-14(9-7-12)20-10-4-2;/h6-9,11H,3-5,10H2,1-2H3,(H,17,18,19);1H. The lowest BCUT2D eigenvalue weighted by atomic mass is 10.2. The number of H-pyrrole nitrogens is 1. The van der Waals surface area contributed by atoms with Crippen molar-refractivity contribution in [1.82, 2.24) is 9.97 Å². The highest BCUT2D eigenvalue weighted by atomic mass is 35.5. The maximum absolute atomic E-state index is 11.6. The first-order chi connectivity index (χ1) is 9.72. The molecule has 0 aliphatic heterocycles. The number of aromatic nitrogens is 2. The number of aryl methyl sites for hydroxylation is 1. The maximum Gasteiger partial charge on any atom is 0.251 e. The second-order valence-electron chi connectivity index (χ2n) is 4.71. The first-order valence-electron chi connectivity index (χ1n) is 7.06. The van der Waals surface area contributed by atoms with Gasteiger partial charge in [-0.25, -0.2) is 4.98 Å². The van der Waals surface area contributed by atoms with E-state index in [0.717, 1.165) is 36.3 Å². The second-order valence-corrected chi connectivity index (χ2v) is 4.71. The molecule has 1 aromatic heterocycles. The molecular weight excluding hydrogens is 288 g/mol. The molecule has 0 aliphatic rings. The molecule has 4 nitrogen and oxygen atoms in total. The molecule has 114 valence electrons. The molecule has 2 rings (SSSR count). The van der Waals surface area contributed by atoms with E-state index in [4.69, 9.17) is 4.74 Å². The van der Waals surface area contributed by atoms with Gasteiger partial charge in [0.15, 0.2) is 0 Å². The summed E-state index contributed by atoms with van der Waals surface area (Å²) in [5.41, 5.74) is 1.62. The van der Waals surface area contributed by atoms with Crippen molar-refractivity contribution < 1.29 is 4.74 Å². The Morgan fingerprint density at radius 2 is 1.86 bits per heavy atom. The molecular formula is C16H21ClN2O2. The van der Waals surface area contributed by atoms with Crippen molar-refractivity contribution >= 4 is 12.4 Å². The van der Waals surface area contributed by atoms with E-state index >= 15 is 0 Å². The van der Waals surface area contributed by atoms with Gasteiger partial charge in [0, 0.05) is 17.3 Å². The molecule has 0 fully saturated rings. The van der Waals surface area contributed by atoms with Crippen LogP contribution in [0.2, 0.25) is 0 Å². The first kappa shape index (κ1) is 17.2. The number of nitrogens with zero attached hydrogens (tertiary/aromatic N) is 1. The van der Waals surface area contributed by atoms with Crippen molar-refractivity contribution in [2.24, 2.45) is 0 Å². The third-order valence-corrected chi connectivity index (χ3v) is 2.90. The first-order valence-corrected chi connectivity index (χ1v) is 7.06. The molecule has 5 heteroatoms. The van der Waals surface area contributed by atoms with Crippen LogP contribution in [0.5, 0.6) is 5.75 Å². The normalized spacial score (nSPS) is 10.0. The molecule has 1 heterocycles. The van der Waals surface area contributed by atoms with E-state index < -0.39 is 0 Å². The number of rotatable bonds is 6. The summed E-state index contributed by atoms with van der Waals surface area (Å²) in [6, 6.07) is 9.19. The number of hydrogen-bond acceptors (Lipinski definition) is 3. The van der Waals surface area contributed by atoms with Crippen molar-refractivity contribution in [2.75, 3.05) is 6.61 Å². The zero-order valence-corrected chi connectivity index (χ0v) is 13.2. The quantitative estimate of drug-likeness (QED) is 0.887. The lowest BCUT2D eigenvalue weighted by molar-refractivity contribution is 0.317. The van der Waals surface area contributed by atoms with Crippen molar-refractivity contribution in [3.05, 3.63) is 46.4 Å². The van der Waals surface area contributed by atoms with E-state index in [1.54, 1.807) is 6.07 Å². The molecule has 0 unspecified atom stereocenters. The maximum atomic E-state index is 11.6. The van der Waals surface area contributed by atoms with Gasteiger partial charge in [-0.2, -0.15) is 0 Å². The van der Waals surface area contributed by atoms with Crippen LogP contribution in [-0.2, 0) is 6.42 Å². The molecule has 0 atom stereocenters. The van der Waals surface area contributed by atoms with Gasteiger partial charge in [0.1, 0.15) is 11.6 Å². The van der Waals surface area contributed by atoms with E-state index in [0.29, 0.717) is 12.4 Å². The summed E-state index contributed by atoms with van der Waals surface area (Å²) in [6.07, 6.45) is 2.77. The summed E-state index contributed by atoms with van der Waals surface area (Å²) in [5.74, 6) is 1.45. The minimum Gasteiger partial charge on any atom is -0.494 e. The fourth-order valence-electron chi connectivity index (χ4n) is 1.96. The highest BCUT2D eigenvalue weighted by molar-refractivity contribution is 5.85. The average Bonchev–Trinajstić information content (AvgIpc) is 2.45. The van der Waals surface area contributed by atoms with Crippen LogP contribution in [0, 0.1) is 0 Å². The predicted octanol–water partition coefficient (Wildman–Crippen LogP) is 3.60. The van der Waals surface area contributed by atoms with Crippen LogP contribution >= 0.6 is 12.4 Å². The number of halogens is 1. The van der Waals surface area contributed by atoms with E-state index in [-0.39, 0.29) is 18.0 Å². The molecule has 2 aromatic rings. The number of benzene rings is 1. The van der Waals surface area contributed by atoms with Gasteiger partial charge in [-0.15, -0.1) is 12.4 Å². The molecule has 1 aromatic carbocycles. The Morgan fingerprint density at radius 3 is 2.48 bits per heavy atom. The summed E-state index contributed by atoms with van der Waals surface area (Å²) in [5, 5.41) is 0. The number of hydrogen-bond donors (Lipinski definition) is 1. The van der Waals surface area contributed by atoms with Gasteiger partial charge in [0.25, 0.3) is 5.56 Å². The zero-order chi connectivity index (χ0) is 14.4. The highest BCUT2D eigenvalue weighted by Crippen LogP contribution is 2.19. The van der Waals surface area contributed by atoms with E-state index in [1.165, 1.54) is 0 Å². The van der Waals surface area contributed by atoms with Crippen molar-refractivity contribution in [3.8, 4) is 17.1 Å². The fourth-order valence-corrected chi connectivity index (χ4v) is 1.96. The summed E-state index contributed by atoms with van der Waals surface area (Å²) in [6.45, 7) is 4.85. The van der Waals surface area contributed by atoms with Crippen molar-refractivity contribution in [1.29, 1.82) is 0 Å². The predicted molar refractivity (Wildman–Crippen MR) is 87.3 cm³/mol. The van der Waals surface area contributed by atoms with Gasteiger partial charge in [0.2, 0.25) is 0 Å². The van der Waals surface area contributed by atoms with Crippen molar-refractivity contribution in [3.63, 3.8) is 0 Å². The Labute approximate surface area is 131 Å². The third-order valence-electron chi connectivity index (χ3n) is 2.90. The topological polar surface area (TPSA) is 55.0 Å². The largest absolute Gasteiger partial charge is 0.494 e. The minimum atomic E-state index is -0.107. The Balaban J connectivity index is 0.00000220. The van der Waals surface area contributed by atoms with Gasteiger partial charge < -0.3 is 9.72 Å². The van der Waals surface area contributed by atoms with Crippen LogP contribution < -0.4 is 10.3 Å². The van der Waals surface area contributed by atoms with Gasteiger partial charge in [-0.05, 0) is 37.1 Å². The summed E-state index contributed by atoms with van der Waals surface area (Å²) in [4.78, 5) is 18.9. The zero-order valence-electron chi connectivity index (χ0n) is 12.4. The number of aromatic amines is 1. The number of ether oxygens (including phenoxy) is 1. The highest BCUT2D eigenvalue weighted by Gasteiger charge is 2.04. The molecule has 0 aliphatic carbocycles. The average molecular weight is 309 g/mol. The van der Waals surface area contributed by atoms with Crippen LogP contribution in [-0.4, -0.2) is 16.6 Å². The van der Waals surface area contributed by atoms with Crippen LogP contribution in [0.25, 0.3) is 11.4 Å². The molecule has 0 saturated heterocycles. The van der Waals surface area contributed by atoms with Gasteiger partial charge in [-0.3, -0.25) is 4.79 Å². The molecule has 0 saturated carbocycles. The van der Waals surface area contributed by atoms with Crippen LogP contribution in [0.3, 0.4) is 0 Å².